The highest BCUT2D eigenvalue weighted by Gasteiger charge is 2.34. The Kier molecular flexibility index (Phi) is 5.08. The Bertz CT molecular complexity index is 243. The average molecular weight is 252 g/mol. The predicted molar refractivity (Wildman–Crippen MR) is 78.7 cm³/mol. The summed E-state index contributed by atoms with van der Waals surface area (Å²) in [6.45, 7) is 12.0. The topological polar surface area (TPSA) is 24.1 Å². The van der Waals surface area contributed by atoms with E-state index in [1.54, 1.807) is 0 Å². The van der Waals surface area contributed by atoms with Gasteiger partial charge in [0, 0.05) is 6.54 Å². The van der Waals surface area contributed by atoms with Crippen LogP contribution in [0.5, 0.6) is 0 Å². The summed E-state index contributed by atoms with van der Waals surface area (Å²) >= 11 is 0. The first-order valence-corrected chi connectivity index (χ1v) is 8.03. The SMILES string of the molecule is CC(C)CC1(CNCC2CNCC2C)CCCC1. The number of hydrogen-bond acceptors (Lipinski definition) is 2. The van der Waals surface area contributed by atoms with Gasteiger partial charge in [0.25, 0.3) is 0 Å². The van der Waals surface area contributed by atoms with Crippen molar-refractivity contribution < 1.29 is 0 Å². The lowest BCUT2D eigenvalue weighted by Crippen LogP contribution is -2.37. The van der Waals surface area contributed by atoms with Gasteiger partial charge in [-0.15, -0.1) is 0 Å². The van der Waals surface area contributed by atoms with Gasteiger partial charge in [-0.3, -0.25) is 0 Å². The molecule has 0 spiro atoms. The van der Waals surface area contributed by atoms with E-state index in [9.17, 15) is 0 Å². The molecule has 0 bridgehead atoms. The van der Waals surface area contributed by atoms with E-state index in [1.807, 2.05) is 0 Å². The first-order chi connectivity index (χ1) is 8.61. The molecule has 0 aromatic carbocycles. The average Bonchev–Trinajstić information content (AvgIpc) is 2.89. The van der Waals surface area contributed by atoms with Gasteiger partial charge >= 0.3 is 0 Å². The lowest BCUT2D eigenvalue weighted by Gasteiger charge is -2.32. The molecule has 2 fully saturated rings. The minimum Gasteiger partial charge on any atom is -0.316 e. The van der Waals surface area contributed by atoms with Crippen LogP contribution in [-0.2, 0) is 0 Å². The van der Waals surface area contributed by atoms with Crippen molar-refractivity contribution in [3.8, 4) is 0 Å². The fourth-order valence-electron chi connectivity index (χ4n) is 4.10. The molecule has 1 aliphatic carbocycles. The summed E-state index contributed by atoms with van der Waals surface area (Å²) in [4.78, 5) is 0. The lowest BCUT2D eigenvalue weighted by molar-refractivity contribution is 0.218. The van der Waals surface area contributed by atoms with Gasteiger partial charge in [-0.2, -0.15) is 0 Å². The van der Waals surface area contributed by atoms with Crippen LogP contribution >= 0.6 is 0 Å². The van der Waals surface area contributed by atoms with Crippen LogP contribution in [0.3, 0.4) is 0 Å². The molecule has 0 aromatic rings. The van der Waals surface area contributed by atoms with Gasteiger partial charge in [0.1, 0.15) is 0 Å². The summed E-state index contributed by atoms with van der Waals surface area (Å²) in [7, 11) is 0. The molecule has 18 heavy (non-hydrogen) atoms. The third kappa shape index (κ3) is 3.71. The molecule has 2 atom stereocenters. The number of hydrogen-bond donors (Lipinski definition) is 2. The monoisotopic (exact) mass is 252 g/mol. The fourth-order valence-corrected chi connectivity index (χ4v) is 4.10. The zero-order valence-corrected chi connectivity index (χ0v) is 12.6. The molecular weight excluding hydrogens is 220 g/mol. The molecule has 2 heteroatoms. The van der Waals surface area contributed by atoms with Gasteiger partial charge < -0.3 is 10.6 Å². The van der Waals surface area contributed by atoms with Crippen LogP contribution in [0.4, 0.5) is 0 Å². The smallest absolute Gasteiger partial charge is 0.000803 e. The van der Waals surface area contributed by atoms with Crippen molar-refractivity contribution in [3.63, 3.8) is 0 Å². The third-order valence-electron chi connectivity index (χ3n) is 5.09. The maximum atomic E-state index is 3.81. The summed E-state index contributed by atoms with van der Waals surface area (Å²) in [6.07, 6.45) is 7.23. The zero-order valence-electron chi connectivity index (χ0n) is 12.6. The quantitative estimate of drug-likeness (QED) is 0.759. The first-order valence-electron chi connectivity index (χ1n) is 8.03. The van der Waals surface area contributed by atoms with Gasteiger partial charge in [-0.1, -0.05) is 33.6 Å². The summed E-state index contributed by atoms with van der Waals surface area (Å²) in [5, 5.41) is 7.31. The maximum Gasteiger partial charge on any atom is 0.000803 e. The Labute approximate surface area is 113 Å². The van der Waals surface area contributed by atoms with Gasteiger partial charge in [0.2, 0.25) is 0 Å². The molecule has 2 nitrogen and oxygen atoms in total. The molecule has 2 unspecified atom stereocenters. The van der Waals surface area contributed by atoms with E-state index in [4.69, 9.17) is 0 Å². The Hall–Kier alpha value is -0.0800. The Morgan fingerprint density at radius 1 is 1.22 bits per heavy atom. The highest BCUT2D eigenvalue weighted by molar-refractivity contribution is 4.88. The Balaban J connectivity index is 1.75. The molecule has 0 radical (unpaired) electrons. The van der Waals surface area contributed by atoms with Gasteiger partial charge in [0.15, 0.2) is 0 Å². The molecule has 1 heterocycles. The molecular formula is C16H32N2. The van der Waals surface area contributed by atoms with Crippen molar-refractivity contribution in [3.05, 3.63) is 0 Å². The van der Waals surface area contributed by atoms with Gasteiger partial charge in [-0.05, 0) is 62.1 Å². The van der Waals surface area contributed by atoms with Crippen LogP contribution in [0.15, 0.2) is 0 Å². The summed E-state index contributed by atoms with van der Waals surface area (Å²) < 4.78 is 0. The molecule has 1 aliphatic heterocycles. The van der Waals surface area contributed by atoms with Gasteiger partial charge in [-0.25, -0.2) is 0 Å². The minimum absolute atomic E-state index is 0.628. The van der Waals surface area contributed by atoms with E-state index in [2.05, 4.69) is 31.4 Å². The minimum atomic E-state index is 0.628. The van der Waals surface area contributed by atoms with Crippen molar-refractivity contribution in [2.24, 2.45) is 23.2 Å². The van der Waals surface area contributed by atoms with Crippen LogP contribution < -0.4 is 10.6 Å². The zero-order chi connectivity index (χ0) is 13.0. The number of nitrogens with one attached hydrogen (secondary N) is 2. The second-order valence-electron chi connectivity index (χ2n) is 7.33. The third-order valence-corrected chi connectivity index (χ3v) is 5.09. The van der Waals surface area contributed by atoms with Crippen molar-refractivity contribution >= 4 is 0 Å². The van der Waals surface area contributed by atoms with Crippen LogP contribution in [0.2, 0.25) is 0 Å². The molecule has 2 N–H and O–H groups in total. The predicted octanol–water partition coefficient (Wildman–Crippen LogP) is 3.04. The van der Waals surface area contributed by atoms with Gasteiger partial charge in [0.05, 0.1) is 0 Å². The largest absolute Gasteiger partial charge is 0.316 e. The first kappa shape index (κ1) is 14.3. The Morgan fingerprint density at radius 2 is 1.94 bits per heavy atom. The molecule has 2 aliphatic rings. The fraction of sp³-hybridized carbons (Fsp3) is 1.00. The maximum absolute atomic E-state index is 3.81. The van der Waals surface area contributed by atoms with Crippen LogP contribution in [0.1, 0.15) is 52.9 Å². The van der Waals surface area contributed by atoms with E-state index in [0.29, 0.717) is 5.41 Å². The van der Waals surface area contributed by atoms with Crippen molar-refractivity contribution in [2.75, 3.05) is 26.2 Å². The second-order valence-corrected chi connectivity index (χ2v) is 7.33. The molecule has 1 saturated heterocycles. The molecule has 0 aromatic heterocycles. The van der Waals surface area contributed by atoms with E-state index < -0.39 is 0 Å². The van der Waals surface area contributed by atoms with Crippen molar-refractivity contribution in [1.29, 1.82) is 0 Å². The second kappa shape index (κ2) is 6.38. The normalized spacial score (nSPS) is 31.3. The molecule has 106 valence electrons. The van der Waals surface area contributed by atoms with E-state index in [0.717, 1.165) is 17.8 Å². The van der Waals surface area contributed by atoms with E-state index >= 15 is 0 Å². The Morgan fingerprint density at radius 3 is 2.50 bits per heavy atom. The van der Waals surface area contributed by atoms with E-state index in [1.165, 1.54) is 58.3 Å². The highest BCUT2D eigenvalue weighted by Crippen LogP contribution is 2.42. The summed E-state index contributed by atoms with van der Waals surface area (Å²) in [5.74, 6) is 2.54. The van der Waals surface area contributed by atoms with E-state index in [-0.39, 0.29) is 0 Å². The molecule has 0 amide bonds. The molecule has 2 rings (SSSR count). The summed E-state index contributed by atoms with van der Waals surface area (Å²) in [6, 6.07) is 0. The lowest BCUT2D eigenvalue weighted by atomic mass is 9.78. The van der Waals surface area contributed by atoms with Crippen LogP contribution in [0.25, 0.3) is 0 Å². The van der Waals surface area contributed by atoms with Crippen molar-refractivity contribution in [2.45, 2.75) is 52.9 Å². The highest BCUT2D eigenvalue weighted by atomic mass is 15.0. The van der Waals surface area contributed by atoms with Crippen molar-refractivity contribution in [1.82, 2.24) is 10.6 Å². The van der Waals surface area contributed by atoms with Crippen LogP contribution in [-0.4, -0.2) is 26.2 Å². The standard InChI is InChI=1S/C16H32N2/c1-13(2)8-16(6-4-5-7-16)12-18-11-15-10-17-9-14(15)3/h13-15,17-18H,4-12H2,1-3H3. The van der Waals surface area contributed by atoms with Crippen LogP contribution in [0, 0.1) is 23.2 Å². The number of rotatable bonds is 6. The molecule has 1 saturated carbocycles. The summed E-state index contributed by atoms with van der Waals surface area (Å²) in [5.41, 5.74) is 0.628.